The van der Waals surface area contributed by atoms with E-state index < -0.39 is 23.8 Å². The molecule has 0 bridgehead atoms. The predicted octanol–water partition coefficient (Wildman–Crippen LogP) is 3.47. The van der Waals surface area contributed by atoms with Gasteiger partial charge in [-0.2, -0.15) is 5.26 Å². The van der Waals surface area contributed by atoms with E-state index in [1.807, 2.05) is 6.07 Å². The maximum atomic E-state index is 13.6. The second kappa shape index (κ2) is 9.01. The quantitative estimate of drug-likeness (QED) is 0.763. The summed E-state index contributed by atoms with van der Waals surface area (Å²) in [5.41, 5.74) is 1.04. The zero-order valence-corrected chi connectivity index (χ0v) is 15.3. The molecule has 0 aliphatic heterocycles. The summed E-state index contributed by atoms with van der Waals surface area (Å²) in [6.45, 7) is 1.41. The molecule has 2 rings (SSSR count). The third kappa shape index (κ3) is 5.43. The normalized spacial score (nSPS) is 11.2. The number of carbonyl (C=O) groups is 2. The highest BCUT2D eigenvalue weighted by molar-refractivity contribution is 6.32. The molecule has 0 saturated carbocycles. The Morgan fingerprint density at radius 3 is 2.63 bits per heavy atom. The number of hydrogen-bond acceptors (Lipinski definition) is 5. The summed E-state index contributed by atoms with van der Waals surface area (Å²) >= 11 is 5.90. The number of methoxy groups -OCH3 is 1. The van der Waals surface area contributed by atoms with E-state index in [-0.39, 0.29) is 22.8 Å². The minimum atomic E-state index is -1.07. The van der Waals surface area contributed by atoms with E-state index >= 15 is 0 Å². The van der Waals surface area contributed by atoms with Crippen LogP contribution in [0.15, 0.2) is 36.4 Å². The molecule has 1 N–H and O–H groups in total. The van der Waals surface area contributed by atoms with Gasteiger partial charge >= 0.3 is 5.97 Å². The van der Waals surface area contributed by atoms with Crippen LogP contribution in [0.3, 0.4) is 0 Å². The number of nitrogens with one attached hydrogen (secondary N) is 1. The first-order valence-electron chi connectivity index (χ1n) is 7.86. The van der Waals surface area contributed by atoms with Crippen LogP contribution in [0.2, 0.25) is 5.02 Å². The first kappa shape index (κ1) is 20.2. The summed E-state index contributed by atoms with van der Waals surface area (Å²) in [6.07, 6.45) is -1.27. The van der Waals surface area contributed by atoms with E-state index in [9.17, 15) is 14.0 Å². The fraction of sp³-hybridized carbons (Fsp3) is 0.211. The van der Waals surface area contributed by atoms with Gasteiger partial charge in [-0.1, -0.05) is 17.7 Å². The van der Waals surface area contributed by atoms with Crippen LogP contribution in [0.4, 0.5) is 10.1 Å². The first-order valence-corrected chi connectivity index (χ1v) is 8.24. The lowest BCUT2D eigenvalue weighted by Crippen LogP contribution is -2.30. The lowest BCUT2D eigenvalue weighted by Gasteiger charge is -2.14. The van der Waals surface area contributed by atoms with Crippen LogP contribution in [0, 0.1) is 17.1 Å². The van der Waals surface area contributed by atoms with Crippen molar-refractivity contribution in [2.45, 2.75) is 19.4 Å². The standard InChI is InChI=1S/C19H16ClFN2O4/c1-11(19(25)23-14-5-4-13(10-22)15(20)9-14)27-18(24)8-12-3-6-17(26-2)16(21)7-12/h3-7,9,11H,8H2,1-2H3,(H,23,25)/t11-/m1/s1. The molecule has 0 unspecified atom stereocenters. The Kier molecular flexibility index (Phi) is 6.74. The number of nitrogens with zero attached hydrogens (tertiary/aromatic N) is 1. The van der Waals surface area contributed by atoms with Crippen LogP contribution >= 0.6 is 11.6 Å². The summed E-state index contributed by atoms with van der Waals surface area (Å²) < 4.78 is 23.5. The van der Waals surface area contributed by atoms with E-state index in [1.54, 1.807) is 0 Å². The van der Waals surface area contributed by atoms with Gasteiger partial charge in [0.15, 0.2) is 17.7 Å². The SMILES string of the molecule is COc1ccc(CC(=O)O[C@H](C)C(=O)Nc2ccc(C#N)c(Cl)c2)cc1F. The number of carbonyl (C=O) groups excluding carboxylic acids is 2. The van der Waals surface area contributed by atoms with Crippen LogP contribution in [0.25, 0.3) is 0 Å². The molecule has 0 aliphatic rings. The lowest BCUT2D eigenvalue weighted by atomic mass is 10.1. The van der Waals surface area contributed by atoms with Crippen molar-refractivity contribution in [3.05, 3.63) is 58.4 Å². The molecule has 27 heavy (non-hydrogen) atoms. The number of benzene rings is 2. The number of halogens is 2. The fourth-order valence-corrected chi connectivity index (χ4v) is 2.43. The highest BCUT2D eigenvalue weighted by Gasteiger charge is 2.19. The summed E-state index contributed by atoms with van der Waals surface area (Å²) in [4.78, 5) is 24.1. The van der Waals surface area contributed by atoms with Gasteiger partial charge in [-0.15, -0.1) is 0 Å². The monoisotopic (exact) mass is 390 g/mol. The van der Waals surface area contributed by atoms with Crippen molar-refractivity contribution in [2.24, 2.45) is 0 Å². The summed E-state index contributed by atoms with van der Waals surface area (Å²) in [7, 11) is 1.34. The molecule has 2 aromatic rings. The average molecular weight is 391 g/mol. The Morgan fingerprint density at radius 2 is 2.04 bits per heavy atom. The molecule has 0 saturated heterocycles. The molecular formula is C19H16ClFN2O4. The molecular weight excluding hydrogens is 375 g/mol. The predicted molar refractivity (Wildman–Crippen MR) is 97.0 cm³/mol. The zero-order chi connectivity index (χ0) is 20.0. The molecule has 1 amide bonds. The molecule has 6 nitrogen and oxygen atoms in total. The number of anilines is 1. The third-order valence-electron chi connectivity index (χ3n) is 3.60. The van der Waals surface area contributed by atoms with Gasteiger partial charge in [-0.05, 0) is 42.8 Å². The van der Waals surface area contributed by atoms with Gasteiger partial charge in [0.05, 0.1) is 24.1 Å². The second-order valence-corrected chi connectivity index (χ2v) is 5.98. The van der Waals surface area contributed by atoms with Gasteiger partial charge in [-0.3, -0.25) is 9.59 Å². The Hall–Kier alpha value is -3.11. The van der Waals surface area contributed by atoms with Gasteiger partial charge in [-0.25, -0.2) is 4.39 Å². The Balaban J connectivity index is 1.93. The number of amides is 1. The number of rotatable bonds is 6. The Labute approximate surface area is 160 Å². The minimum Gasteiger partial charge on any atom is -0.494 e. The number of ether oxygens (including phenoxy) is 2. The van der Waals surface area contributed by atoms with Gasteiger partial charge in [0.2, 0.25) is 0 Å². The summed E-state index contributed by atoms with van der Waals surface area (Å²) in [6, 6.07) is 10.4. The lowest BCUT2D eigenvalue weighted by molar-refractivity contribution is -0.152. The molecule has 0 aliphatic carbocycles. The Morgan fingerprint density at radius 1 is 1.30 bits per heavy atom. The van der Waals surface area contributed by atoms with Crippen molar-refractivity contribution in [3.63, 3.8) is 0 Å². The number of hydrogen-bond donors (Lipinski definition) is 1. The van der Waals surface area contributed by atoms with Gasteiger partial charge in [0.1, 0.15) is 6.07 Å². The van der Waals surface area contributed by atoms with Gasteiger partial charge in [0.25, 0.3) is 5.91 Å². The van der Waals surface area contributed by atoms with Crippen molar-refractivity contribution in [2.75, 3.05) is 12.4 Å². The molecule has 2 aromatic carbocycles. The fourth-order valence-electron chi connectivity index (χ4n) is 2.21. The van der Waals surface area contributed by atoms with Crippen LogP contribution in [-0.2, 0) is 20.7 Å². The number of esters is 1. The first-order chi connectivity index (χ1) is 12.8. The smallest absolute Gasteiger partial charge is 0.311 e. The van der Waals surface area contributed by atoms with Crippen LogP contribution in [0.1, 0.15) is 18.1 Å². The van der Waals surface area contributed by atoms with E-state index in [2.05, 4.69) is 5.32 Å². The molecule has 140 valence electrons. The third-order valence-corrected chi connectivity index (χ3v) is 3.91. The van der Waals surface area contributed by atoms with Crippen LogP contribution in [-0.4, -0.2) is 25.1 Å². The van der Waals surface area contributed by atoms with Gasteiger partial charge < -0.3 is 14.8 Å². The van der Waals surface area contributed by atoms with E-state index in [4.69, 9.17) is 26.3 Å². The minimum absolute atomic E-state index is 0.0703. The van der Waals surface area contributed by atoms with Crippen molar-refractivity contribution in [1.29, 1.82) is 5.26 Å². The molecule has 0 heterocycles. The molecule has 0 aromatic heterocycles. The van der Waals surface area contributed by atoms with Crippen molar-refractivity contribution < 1.29 is 23.5 Å². The zero-order valence-electron chi connectivity index (χ0n) is 14.6. The molecule has 0 fully saturated rings. The molecule has 0 spiro atoms. The highest BCUT2D eigenvalue weighted by Crippen LogP contribution is 2.21. The molecule has 1 atom stereocenters. The van der Waals surface area contributed by atoms with E-state index in [1.165, 1.54) is 50.4 Å². The van der Waals surface area contributed by atoms with Crippen LogP contribution in [0.5, 0.6) is 5.75 Å². The summed E-state index contributed by atoms with van der Waals surface area (Å²) in [5.74, 6) is -1.77. The Bertz CT molecular complexity index is 911. The van der Waals surface area contributed by atoms with E-state index in [0.717, 1.165) is 0 Å². The molecule has 0 radical (unpaired) electrons. The van der Waals surface area contributed by atoms with Crippen molar-refractivity contribution in [1.82, 2.24) is 0 Å². The maximum Gasteiger partial charge on any atom is 0.311 e. The number of nitriles is 1. The second-order valence-electron chi connectivity index (χ2n) is 5.57. The topological polar surface area (TPSA) is 88.4 Å². The van der Waals surface area contributed by atoms with E-state index in [0.29, 0.717) is 11.3 Å². The van der Waals surface area contributed by atoms with Crippen molar-refractivity contribution >= 4 is 29.2 Å². The summed E-state index contributed by atoms with van der Waals surface area (Å²) in [5, 5.41) is 11.6. The largest absolute Gasteiger partial charge is 0.494 e. The van der Waals surface area contributed by atoms with Gasteiger partial charge in [0, 0.05) is 5.69 Å². The average Bonchev–Trinajstić information content (AvgIpc) is 2.62. The van der Waals surface area contributed by atoms with Crippen molar-refractivity contribution in [3.8, 4) is 11.8 Å². The maximum absolute atomic E-state index is 13.6. The van der Waals surface area contributed by atoms with Crippen LogP contribution < -0.4 is 10.1 Å². The highest BCUT2D eigenvalue weighted by atomic mass is 35.5. The molecule has 8 heteroatoms.